The summed E-state index contributed by atoms with van der Waals surface area (Å²) in [5.41, 5.74) is 1.12. The standard InChI is InChI=1S/C14H20N2O3/c17-7-8-19-13-4-1-3-12(9-13)10-16-6-2-5-15-14(18)11-16/h1,3-4,9,17H,2,5-8,10-11H2,(H,15,18). The van der Waals surface area contributed by atoms with Crippen molar-refractivity contribution in [2.24, 2.45) is 0 Å². The van der Waals surface area contributed by atoms with Crippen LogP contribution in [0.15, 0.2) is 24.3 Å². The molecular weight excluding hydrogens is 244 g/mol. The van der Waals surface area contributed by atoms with Gasteiger partial charge in [-0.3, -0.25) is 9.69 Å². The number of nitrogens with zero attached hydrogens (tertiary/aromatic N) is 1. The first kappa shape index (κ1) is 13.8. The Morgan fingerprint density at radius 2 is 2.32 bits per heavy atom. The molecule has 5 nitrogen and oxygen atoms in total. The zero-order valence-electron chi connectivity index (χ0n) is 11.0. The summed E-state index contributed by atoms with van der Waals surface area (Å²) in [6.45, 7) is 3.17. The van der Waals surface area contributed by atoms with E-state index in [9.17, 15) is 4.79 Å². The minimum atomic E-state index is 0.0104. The monoisotopic (exact) mass is 264 g/mol. The number of hydrogen-bond acceptors (Lipinski definition) is 4. The highest BCUT2D eigenvalue weighted by atomic mass is 16.5. The average Bonchev–Trinajstić information content (AvgIpc) is 2.61. The van der Waals surface area contributed by atoms with Gasteiger partial charge in [-0.25, -0.2) is 0 Å². The smallest absolute Gasteiger partial charge is 0.234 e. The molecule has 1 aliphatic rings. The van der Waals surface area contributed by atoms with Crippen molar-refractivity contribution in [1.82, 2.24) is 10.2 Å². The highest BCUT2D eigenvalue weighted by molar-refractivity contribution is 5.78. The van der Waals surface area contributed by atoms with Crippen LogP contribution in [-0.4, -0.2) is 48.8 Å². The number of carbonyl (C=O) groups excluding carboxylic acids is 1. The molecule has 1 fully saturated rings. The van der Waals surface area contributed by atoms with Gasteiger partial charge >= 0.3 is 0 Å². The first-order valence-electron chi connectivity index (χ1n) is 6.59. The van der Waals surface area contributed by atoms with Crippen LogP contribution in [0.25, 0.3) is 0 Å². The molecule has 0 saturated carbocycles. The molecule has 2 N–H and O–H groups in total. The maximum absolute atomic E-state index is 11.5. The van der Waals surface area contributed by atoms with Crippen molar-refractivity contribution < 1.29 is 14.6 Å². The normalized spacial score (nSPS) is 16.8. The largest absolute Gasteiger partial charge is 0.491 e. The summed E-state index contributed by atoms with van der Waals surface area (Å²) in [6.07, 6.45) is 0.979. The Kier molecular flexibility index (Phi) is 5.18. The summed E-state index contributed by atoms with van der Waals surface area (Å²) in [4.78, 5) is 13.6. The van der Waals surface area contributed by atoms with Crippen molar-refractivity contribution in [3.63, 3.8) is 0 Å². The molecule has 2 rings (SSSR count). The van der Waals surface area contributed by atoms with Gasteiger partial charge in [0.2, 0.25) is 5.91 Å². The lowest BCUT2D eigenvalue weighted by Crippen LogP contribution is -2.32. The van der Waals surface area contributed by atoms with Crippen LogP contribution in [0.5, 0.6) is 5.75 Å². The molecule has 0 spiro atoms. The Hall–Kier alpha value is -1.59. The van der Waals surface area contributed by atoms with Crippen LogP contribution in [0.1, 0.15) is 12.0 Å². The number of ether oxygens (including phenoxy) is 1. The molecule has 0 bridgehead atoms. The Morgan fingerprint density at radius 3 is 3.16 bits per heavy atom. The van der Waals surface area contributed by atoms with Crippen LogP contribution in [-0.2, 0) is 11.3 Å². The molecule has 1 aliphatic heterocycles. The predicted molar refractivity (Wildman–Crippen MR) is 71.9 cm³/mol. The highest BCUT2D eigenvalue weighted by Gasteiger charge is 2.14. The van der Waals surface area contributed by atoms with Gasteiger partial charge in [0.25, 0.3) is 0 Å². The molecule has 0 aliphatic carbocycles. The fraction of sp³-hybridized carbons (Fsp3) is 0.500. The summed E-state index contributed by atoms with van der Waals surface area (Å²) >= 11 is 0. The van der Waals surface area contributed by atoms with Crippen LogP contribution < -0.4 is 10.1 Å². The van der Waals surface area contributed by atoms with Gasteiger partial charge in [-0.2, -0.15) is 0 Å². The fourth-order valence-corrected chi connectivity index (χ4v) is 2.16. The number of nitrogens with one attached hydrogen (secondary N) is 1. The minimum Gasteiger partial charge on any atom is -0.491 e. The summed E-state index contributed by atoms with van der Waals surface area (Å²) in [5.74, 6) is 0.844. The van der Waals surface area contributed by atoms with Crippen molar-refractivity contribution in [2.45, 2.75) is 13.0 Å². The van der Waals surface area contributed by atoms with Gasteiger partial charge in [-0.1, -0.05) is 12.1 Å². The topological polar surface area (TPSA) is 61.8 Å². The summed E-state index contributed by atoms with van der Waals surface area (Å²) in [6, 6.07) is 7.78. The first-order chi connectivity index (χ1) is 9.28. The number of amides is 1. The Morgan fingerprint density at radius 1 is 1.42 bits per heavy atom. The third kappa shape index (κ3) is 4.54. The Balaban J connectivity index is 1.95. The van der Waals surface area contributed by atoms with Gasteiger partial charge in [0.1, 0.15) is 12.4 Å². The number of aliphatic hydroxyl groups is 1. The maximum atomic E-state index is 11.5. The van der Waals surface area contributed by atoms with E-state index in [2.05, 4.69) is 10.2 Å². The molecule has 1 aromatic carbocycles. The number of benzene rings is 1. The second-order valence-electron chi connectivity index (χ2n) is 4.63. The molecule has 104 valence electrons. The third-order valence-electron chi connectivity index (χ3n) is 3.01. The van der Waals surface area contributed by atoms with E-state index in [-0.39, 0.29) is 12.5 Å². The maximum Gasteiger partial charge on any atom is 0.234 e. The summed E-state index contributed by atoms with van der Waals surface area (Å²) in [5, 5.41) is 11.6. The van der Waals surface area contributed by atoms with Crippen LogP contribution in [0.4, 0.5) is 0 Å². The SMILES string of the molecule is O=C1CN(Cc2cccc(OCCO)c2)CCCN1. The van der Waals surface area contributed by atoms with Crippen molar-refractivity contribution in [2.75, 3.05) is 32.8 Å². The second kappa shape index (κ2) is 7.11. The predicted octanol–water partition coefficient (Wildman–Crippen LogP) is 0.380. The lowest BCUT2D eigenvalue weighted by atomic mass is 10.2. The first-order valence-corrected chi connectivity index (χ1v) is 6.59. The molecule has 5 heteroatoms. The van der Waals surface area contributed by atoms with Crippen LogP contribution >= 0.6 is 0 Å². The van der Waals surface area contributed by atoms with E-state index >= 15 is 0 Å². The number of rotatable bonds is 5. The summed E-state index contributed by atoms with van der Waals surface area (Å²) in [7, 11) is 0. The fourth-order valence-electron chi connectivity index (χ4n) is 2.16. The molecule has 19 heavy (non-hydrogen) atoms. The lowest BCUT2D eigenvalue weighted by Gasteiger charge is -2.18. The highest BCUT2D eigenvalue weighted by Crippen LogP contribution is 2.15. The lowest BCUT2D eigenvalue weighted by molar-refractivity contribution is -0.121. The molecule has 0 unspecified atom stereocenters. The van der Waals surface area contributed by atoms with Crippen molar-refractivity contribution in [3.8, 4) is 5.75 Å². The molecule has 0 aromatic heterocycles. The van der Waals surface area contributed by atoms with Gasteiger partial charge < -0.3 is 15.2 Å². The van der Waals surface area contributed by atoms with E-state index in [1.807, 2.05) is 24.3 Å². The molecule has 0 atom stereocenters. The molecule has 1 saturated heterocycles. The number of aliphatic hydroxyl groups excluding tert-OH is 1. The van der Waals surface area contributed by atoms with Crippen molar-refractivity contribution >= 4 is 5.91 Å². The van der Waals surface area contributed by atoms with Crippen LogP contribution in [0.2, 0.25) is 0 Å². The van der Waals surface area contributed by atoms with Gasteiger partial charge in [0, 0.05) is 19.6 Å². The Bertz CT molecular complexity index is 423. The van der Waals surface area contributed by atoms with E-state index < -0.39 is 0 Å². The molecule has 0 radical (unpaired) electrons. The quantitative estimate of drug-likeness (QED) is 0.807. The van der Waals surface area contributed by atoms with Gasteiger partial charge in [0.15, 0.2) is 0 Å². The van der Waals surface area contributed by atoms with E-state index in [0.717, 1.165) is 37.4 Å². The second-order valence-corrected chi connectivity index (χ2v) is 4.63. The third-order valence-corrected chi connectivity index (χ3v) is 3.01. The van der Waals surface area contributed by atoms with Gasteiger partial charge in [-0.05, 0) is 24.1 Å². The number of hydrogen-bond donors (Lipinski definition) is 2. The molecular formula is C14H20N2O3. The van der Waals surface area contributed by atoms with Crippen LogP contribution in [0, 0.1) is 0 Å². The van der Waals surface area contributed by atoms with Crippen molar-refractivity contribution in [1.29, 1.82) is 0 Å². The van der Waals surface area contributed by atoms with E-state index in [0.29, 0.717) is 13.2 Å². The van der Waals surface area contributed by atoms with E-state index in [4.69, 9.17) is 9.84 Å². The zero-order valence-corrected chi connectivity index (χ0v) is 11.0. The zero-order chi connectivity index (χ0) is 13.5. The van der Waals surface area contributed by atoms with Gasteiger partial charge in [0.05, 0.1) is 13.2 Å². The molecule has 1 heterocycles. The van der Waals surface area contributed by atoms with Crippen molar-refractivity contribution in [3.05, 3.63) is 29.8 Å². The molecule has 1 amide bonds. The average molecular weight is 264 g/mol. The minimum absolute atomic E-state index is 0.0104. The van der Waals surface area contributed by atoms with E-state index in [1.54, 1.807) is 0 Å². The van der Waals surface area contributed by atoms with Gasteiger partial charge in [-0.15, -0.1) is 0 Å². The Labute approximate surface area is 113 Å². The van der Waals surface area contributed by atoms with Crippen LogP contribution in [0.3, 0.4) is 0 Å². The number of carbonyl (C=O) groups is 1. The van der Waals surface area contributed by atoms with E-state index in [1.165, 1.54) is 0 Å². The summed E-state index contributed by atoms with van der Waals surface area (Å²) < 4.78 is 5.38. The molecule has 1 aromatic rings.